The van der Waals surface area contributed by atoms with Crippen LogP contribution in [0.15, 0.2) is 47.0 Å². The number of amides is 3. The number of piperazine rings is 1. The quantitative estimate of drug-likeness (QED) is 0.577. The van der Waals surface area contributed by atoms with Crippen LogP contribution < -0.4 is 5.32 Å². The summed E-state index contributed by atoms with van der Waals surface area (Å²) >= 11 is 12.0. The summed E-state index contributed by atoms with van der Waals surface area (Å²) in [6.07, 6.45) is 0.00689. The lowest BCUT2D eigenvalue weighted by Gasteiger charge is -2.39. The fourth-order valence-corrected chi connectivity index (χ4v) is 4.00. The van der Waals surface area contributed by atoms with Gasteiger partial charge in [-0.25, -0.2) is 4.79 Å². The van der Waals surface area contributed by atoms with Gasteiger partial charge in [0.15, 0.2) is 5.82 Å². The number of para-hydroxylation sites is 1. The first-order valence-corrected chi connectivity index (χ1v) is 11.3. The molecule has 1 fully saturated rings. The van der Waals surface area contributed by atoms with Crippen molar-refractivity contribution in [3.63, 3.8) is 0 Å². The Morgan fingerprint density at radius 2 is 1.94 bits per heavy atom. The molecule has 1 unspecified atom stereocenters. The molecule has 0 bridgehead atoms. The predicted molar refractivity (Wildman–Crippen MR) is 126 cm³/mol. The van der Waals surface area contributed by atoms with Crippen LogP contribution in [0.5, 0.6) is 0 Å². The van der Waals surface area contributed by atoms with Crippen molar-refractivity contribution in [3.05, 3.63) is 63.9 Å². The van der Waals surface area contributed by atoms with Crippen LogP contribution in [0.2, 0.25) is 10.0 Å². The van der Waals surface area contributed by atoms with Gasteiger partial charge in [-0.15, -0.1) is 0 Å². The number of carbonyl (C=O) groups excluding carboxylic acids is 2. The molecule has 172 valence electrons. The molecule has 3 amide bonds. The lowest BCUT2D eigenvalue weighted by Crippen LogP contribution is -2.56. The van der Waals surface area contributed by atoms with Gasteiger partial charge < -0.3 is 19.6 Å². The van der Waals surface area contributed by atoms with E-state index in [0.717, 1.165) is 11.3 Å². The van der Waals surface area contributed by atoms with Gasteiger partial charge in [0.1, 0.15) is 0 Å². The zero-order chi connectivity index (χ0) is 23.5. The lowest BCUT2D eigenvalue weighted by molar-refractivity contribution is -0.132. The van der Waals surface area contributed by atoms with Gasteiger partial charge in [0.25, 0.3) is 5.89 Å². The summed E-state index contributed by atoms with van der Waals surface area (Å²) in [5.41, 5.74) is 2.40. The van der Waals surface area contributed by atoms with Crippen molar-refractivity contribution in [2.75, 3.05) is 25.0 Å². The molecule has 33 heavy (non-hydrogen) atoms. The Balaban J connectivity index is 1.34. The van der Waals surface area contributed by atoms with Gasteiger partial charge in [0.2, 0.25) is 5.91 Å². The summed E-state index contributed by atoms with van der Waals surface area (Å²) in [6, 6.07) is 12.3. The number of aryl methyl sites for hydroxylation is 1. The van der Waals surface area contributed by atoms with Crippen LogP contribution in [0.25, 0.3) is 11.5 Å². The standard InChI is InChI=1S/C23H23Cl2N5O3/c1-14-5-3-4-6-19(14)26-23(32)30-10-9-29(13-15(30)2)21(31)12-20-27-22(33-28-20)16-7-8-17(24)18(25)11-16/h3-8,11,15H,9-10,12-13H2,1-2H3,(H,26,32). The molecule has 0 aliphatic carbocycles. The van der Waals surface area contributed by atoms with Crippen molar-refractivity contribution >= 4 is 40.8 Å². The van der Waals surface area contributed by atoms with E-state index >= 15 is 0 Å². The van der Waals surface area contributed by atoms with Gasteiger partial charge in [-0.2, -0.15) is 4.98 Å². The summed E-state index contributed by atoms with van der Waals surface area (Å²) in [4.78, 5) is 33.3. The van der Waals surface area contributed by atoms with Gasteiger partial charge in [-0.1, -0.05) is 46.6 Å². The molecule has 1 aromatic heterocycles. The van der Waals surface area contributed by atoms with E-state index in [0.29, 0.717) is 35.2 Å². The van der Waals surface area contributed by atoms with Crippen molar-refractivity contribution in [2.24, 2.45) is 0 Å². The van der Waals surface area contributed by atoms with Crippen molar-refractivity contribution in [3.8, 4) is 11.5 Å². The SMILES string of the molecule is Cc1ccccc1NC(=O)N1CCN(C(=O)Cc2noc(-c3ccc(Cl)c(Cl)c3)n2)CC1C. The van der Waals surface area contributed by atoms with E-state index in [1.807, 2.05) is 38.1 Å². The number of hydrogen-bond donors (Lipinski definition) is 1. The average Bonchev–Trinajstić information content (AvgIpc) is 3.25. The number of urea groups is 1. The molecule has 3 aromatic rings. The van der Waals surface area contributed by atoms with E-state index in [1.165, 1.54) is 0 Å². The second-order valence-electron chi connectivity index (χ2n) is 7.95. The van der Waals surface area contributed by atoms with Crippen LogP contribution in [0, 0.1) is 6.92 Å². The summed E-state index contributed by atoms with van der Waals surface area (Å²) < 4.78 is 5.27. The first-order valence-electron chi connectivity index (χ1n) is 10.5. The van der Waals surface area contributed by atoms with E-state index < -0.39 is 0 Å². The maximum Gasteiger partial charge on any atom is 0.322 e. The largest absolute Gasteiger partial charge is 0.338 e. The number of rotatable bonds is 4. The minimum atomic E-state index is -0.173. The summed E-state index contributed by atoms with van der Waals surface area (Å²) in [7, 11) is 0. The molecule has 1 N–H and O–H groups in total. The lowest BCUT2D eigenvalue weighted by atomic mass is 10.1. The molecule has 4 rings (SSSR count). The van der Waals surface area contributed by atoms with Crippen LogP contribution in [0.4, 0.5) is 10.5 Å². The van der Waals surface area contributed by atoms with Gasteiger partial charge in [-0.05, 0) is 43.7 Å². The van der Waals surface area contributed by atoms with E-state index in [1.54, 1.807) is 28.0 Å². The first-order chi connectivity index (χ1) is 15.8. The smallest absolute Gasteiger partial charge is 0.322 e. The summed E-state index contributed by atoms with van der Waals surface area (Å²) in [6.45, 7) is 5.17. The maximum atomic E-state index is 12.8. The number of halogens is 2. The van der Waals surface area contributed by atoms with E-state index in [4.69, 9.17) is 27.7 Å². The zero-order valence-corrected chi connectivity index (χ0v) is 19.7. The molecule has 8 nitrogen and oxygen atoms in total. The molecule has 0 saturated carbocycles. The van der Waals surface area contributed by atoms with Crippen molar-refractivity contribution in [2.45, 2.75) is 26.3 Å². The molecule has 1 aliphatic heterocycles. The maximum absolute atomic E-state index is 12.8. The van der Waals surface area contributed by atoms with Gasteiger partial charge in [0, 0.05) is 36.9 Å². The third-order valence-electron chi connectivity index (χ3n) is 5.57. The molecular weight excluding hydrogens is 465 g/mol. The molecule has 0 spiro atoms. The van der Waals surface area contributed by atoms with E-state index in [2.05, 4.69) is 15.5 Å². The fourth-order valence-electron chi connectivity index (χ4n) is 3.71. The van der Waals surface area contributed by atoms with Gasteiger partial charge >= 0.3 is 6.03 Å². The molecule has 1 atom stereocenters. The number of benzene rings is 2. The molecule has 0 radical (unpaired) electrons. The molecule has 1 saturated heterocycles. The second kappa shape index (κ2) is 9.80. The zero-order valence-electron chi connectivity index (χ0n) is 18.2. The van der Waals surface area contributed by atoms with E-state index in [9.17, 15) is 9.59 Å². The van der Waals surface area contributed by atoms with Gasteiger partial charge in [-0.3, -0.25) is 4.79 Å². The Morgan fingerprint density at radius 1 is 1.15 bits per heavy atom. The highest BCUT2D eigenvalue weighted by Crippen LogP contribution is 2.27. The summed E-state index contributed by atoms with van der Waals surface area (Å²) in [5.74, 6) is 0.429. The third kappa shape index (κ3) is 5.29. The topological polar surface area (TPSA) is 91.6 Å². The number of nitrogens with one attached hydrogen (secondary N) is 1. The third-order valence-corrected chi connectivity index (χ3v) is 6.31. The molecular formula is C23H23Cl2N5O3. The van der Waals surface area contributed by atoms with Crippen LogP contribution >= 0.6 is 23.2 Å². The Hall–Kier alpha value is -3.10. The number of hydrogen-bond acceptors (Lipinski definition) is 5. The van der Waals surface area contributed by atoms with Gasteiger partial charge in [0.05, 0.1) is 16.5 Å². The molecule has 2 aromatic carbocycles. The Kier molecular flexibility index (Phi) is 6.85. The highest BCUT2D eigenvalue weighted by atomic mass is 35.5. The number of aromatic nitrogens is 2. The number of carbonyl (C=O) groups is 2. The molecule has 1 aliphatic rings. The minimum absolute atomic E-state index is 0.00689. The Bertz CT molecular complexity index is 1180. The average molecular weight is 488 g/mol. The fraction of sp³-hybridized carbons (Fsp3) is 0.304. The van der Waals surface area contributed by atoms with Crippen molar-refractivity contribution in [1.29, 1.82) is 0 Å². The highest BCUT2D eigenvalue weighted by molar-refractivity contribution is 6.42. The molecule has 2 heterocycles. The normalized spacial score (nSPS) is 16.1. The second-order valence-corrected chi connectivity index (χ2v) is 8.76. The Morgan fingerprint density at radius 3 is 2.67 bits per heavy atom. The number of anilines is 1. The monoisotopic (exact) mass is 487 g/mol. The minimum Gasteiger partial charge on any atom is -0.338 e. The van der Waals surface area contributed by atoms with E-state index in [-0.39, 0.29) is 36.1 Å². The highest BCUT2D eigenvalue weighted by Gasteiger charge is 2.30. The van der Waals surface area contributed by atoms with Crippen LogP contribution in [-0.2, 0) is 11.2 Å². The van der Waals surface area contributed by atoms with Crippen molar-refractivity contribution in [1.82, 2.24) is 19.9 Å². The van der Waals surface area contributed by atoms with Crippen LogP contribution in [0.1, 0.15) is 18.3 Å². The van der Waals surface area contributed by atoms with Crippen LogP contribution in [0.3, 0.4) is 0 Å². The Labute approximate surface area is 201 Å². The predicted octanol–water partition coefficient (Wildman–Crippen LogP) is 4.66. The summed E-state index contributed by atoms with van der Waals surface area (Å²) in [5, 5.41) is 7.67. The van der Waals surface area contributed by atoms with Crippen LogP contribution in [-0.4, -0.2) is 57.6 Å². The number of nitrogens with zero attached hydrogens (tertiary/aromatic N) is 4. The molecule has 10 heteroatoms. The van der Waals surface area contributed by atoms with Crippen molar-refractivity contribution < 1.29 is 14.1 Å². The first kappa shape index (κ1) is 23.1.